The first-order valence-corrected chi connectivity index (χ1v) is 8.09. The molecule has 0 aliphatic rings. The maximum Gasteiger partial charge on any atom is 0.261 e. The number of H-pyrrole nitrogens is 1. The van der Waals surface area contributed by atoms with Gasteiger partial charge in [-0.05, 0) is 38.1 Å². The third-order valence-corrected chi connectivity index (χ3v) is 4.77. The molecule has 0 saturated carbocycles. The zero-order valence-corrected chi connectivity index (χ0v) is 12.8. The van der Waals surface area contributed by atoms with Crippen LogP contribution < -0.4 is 4.72 Å². The lowest BCUT2D eigenvalue weighted by Crippen LogP contribution is -2.13. The molecule has 0 aliphatic carbocycles. The highest BCUT2D eigenvalue weighted by molar-refractivity contribution is 7.92. The molecule has 1 heterocycles. The van der Waals surface area contributed by atoms with Crippen LogP contribution >= 0.6 is 0 Å². The van der Waals surface area contributed by atoms with Crippen LogP contribution in [-0.2, 0) is 10.0 Å². The van der Waals surface area contributed by atoms with Gasteiger partial charge in [0.25, 0.3) is 10.0 Å². The minimum atomic E-state index is -3.76. The summed E-state index contributed by atoms with van der Waals surface area (Å²) in [5, 5.41) is 6.99. The van der Waals surface area contributed by atoms with Crippen LogP contribution in [0.2, 0.25) is 0 Å². The Hall–Kier alpha value is -2.41. The van der Waals surface area contributed by atoms with Crippen LogP contribution in [-0.4, -0.2) is 18.6 Å². The molecule has 5 nitrogen and oxygen atoms in total. The summed E-state index contributed by atoms with van der Waals surface area (Å²) in [6.07, 6.45) is 0. The van der Waals surface area contributed by atoms with Crippen molar-refractivity contribution < 1.29 is 12.8 Å². The number of nitrogens with zero attached hydrogens (tertiary/aromatic N) is 1. The Morgan fingerprint density at radius 2 is 1.82 bits per heavy atom. The summed E-state index contributed by atoms with van der Waals surface area (Å²) in [6.45, 7) is 3.57. The first-order valence-electron chi connectivity index (χ1n) is 6.60. The molecule has 2 aromatic carbocycles. The third-order valence-electron chi connectivity index (χ3n) is 3.37. The summed E-state index contributed by atoms with van der Waals surface area (Å²) in [6, 6.07) is 9.06. The summed E-state index contributed by atoms with van der Waals surface area (Å²) in [7, 11) is -3.76. The first-order chi connectivity index (χ1) is 10.4. The molecule has 0 amide bonds. The van der Waals surface area contributed by atoms with Crippen molar-refractivity contribution in [3.05, 3.63) is 53.5 Å². The normalized spacial score (nSPS) is 11.8. The van der Waals surface area contributed by atoms with E-state index in [0.717, 1.165) is 11.6 Å². The van der Waals surface area contributed by atoms with E-state index >= 15 is 0 Å². The van der Waals surface area contributed by atoms with E-state index in [0.29, 0.717) is 16.6 Å². The molecule has 3 aromatic rings. The lowest BCUT2D eigenvalue weighted by atomic mass is 10.2. The largest absolute Gasteiger partial charge is 0.282 e. The number of rotatable bonds is 3. The van der Waals surface area contributed by atoms with Crippen LogP contribution in [0, 0.1) is 19.7 Å². The van der Waals surface area contributed by atoms with E-state index in [-0.39, 0.29) is 10.6 Å². The summed E-state index contributed by atoms with van der Waals surface area (Å²) >= 11 is 0. The zero-order valence-electron chi connectivity index (χ0n) is 12.0. The second-order valence-corrected chi connectivity index (χ2v) is 6.80. The van der Waals surface area contributed by atoms with E-state index in [1.54, 1.807) is 19.1 Å². The molecule has 0 bridgehead atoms. The van der Waals surface area contributed by atoms with Crippen molar-refractivity contribution in [3.63, 3.8) is 0 Å². The minimum Gasteiger partial charge on any atom is -0.282 e. The Kier molecular flexibility index (Phi) is 3.37. The van der Waals surface area contributed by atoms with Crippen LogP contribution in [0.3, 0.4) is 0 Å². The lowest BCUT2D eigenvalue weighted by molar-refractivity contribution is 0.601. The number of sulfonamides is 1. The van der Waals surface area contributed by atoms with Crippen molar-refractivity contribution >= 4 is 26.6 Å². The van der Waals surface area contributed by atoms with E-state index in [1.807, 2.05) is 6.92 Å². The molecule has 0 atom stereocenters. The van der Waals surface area contributed by atoms with Crippen molar-refractivity contribution in [1.29, 1.82) is 0 Å². The average Bonchev–Trinajstić information content (AvgIpc) is 2.80. The van der Waals surface area contributed by atoms with Gasteiger partial charge >= 0.3 is 0 Å². The fraction of sp³-hybridized carbons (Fsp3) is 0.133. The fourth-order valence-electron chi connectivity index (χ4n) is 2.24. The summed E-state index contributed by atoms with van der Waals surface area (Å²) in [4.78, 5) is 0.122. The quantitative estimate of drug-likeness (QED) is 0.779. The maximum atomic E-state index is 14.1. The number of hydrogen-bond acceptors (Lipinski definition) is 3. The van der Waals surface area contributed by atoms with Gasteiger partial charge in [-0.1, -0.05) is 17.7 Å². The smallest absolute Gasteiger partial charge is 0.261 e. The van der Waals surface area contributed by atoms with Crippen molar-refractivity contribution in [2.75, 3.05) is 4.72 Å². The fourth-order valence-corrected chi connectivity index (χ4v) is 3.28. The Bertz CT molecular complexity index is 947. The van der Waals surface area contributed by atoms with Gasteiger partial charge in [0, 0.05) is 5.69 Å². The first kappa shape index (κ1) is 14.5. The average molecular weight is 319 g/mol. The molecule has 0 spiro atoms. The SMILES string of the molecule is Cc1ccc(S(=O)(=O)Nc2cc(F)c3c(C)[nH]nc3c2)cc1. The minimum absolute atomic E-state index is 0.122. The lowest BCUT2D eigenvalue weighted by Gasteiger charge is -2.09. The molecular weight excluding hydrogens is 305 g/mol. The van der Waals surface area contributed by atoms with Crippen LogP contribution in [0.4, 0.5) is 10.1 Å². The van der Waals surface area contributed by atoms with Gasteiger partial charge in [-0.15, -0.1) is 0 Å². The topological polar surface area (TPSA) is 74.8 Å². The Morgan fingerprint density at radius 1 is 1.14 bits per heavy atom. The molecule has 0 aliphatic heterocycles. The van der Waals surface area contributed by atoms with E-state index in [1.165, 1.54) is 18.2 Å². The van der Waals surface area contributed by atoms with Gasteiger partial charge in [-0.2, -0.15) is 5.10 Å². The van der Waals surface area contributed by atoms with Crippen molar-refractivity contribution in [1.82, 2.24) is 10.2 Å². The van der Waals surface area contributed by atoms with Crippen LogP contribution in [0.15, 0.2) is 41.3 Å². The predicted molar refractivity (Wildman–Crippen MR) is 82.8 cm³/mol. The summed E-state index contributed by atoms with van der Waals surface area (Å²) in [5.74, 6) is -0.523. The second kappa shape index (κ2) is 5.10. The number of fused-ring (bicyclic) bond motifs is 1. The van der Waals surface area contributed by atoms with Crippen molar-refractivity contribution in [3.8, 4) is 0 Å². The van der Waals surface area contributed by atoms with Gasteiger partial charge < -0.3 is 0 Å². The summed E-state index contributed by atoms with van der Waals surface area (Å²) < 4.78 is 41.1. The highest BCUT2D eigenvalue weighted by atomic mass is 32.2. The van der Waals surface area contributed by atoms with Crippen molar-refractivity contribution in [2.45, 2.75) is 18.7 Å². The summed E-state index contributed by atoms with van der Waals surface area (Å²) in [5.41, 5.74) is 2.06. The zero-order chi connectivity index (χ0) is 15.9. The van der Waals surface area contributed by atoms with E-state index in [4.69, 9.17) is 0 Å². The number of aryl methyl sites for hydroxylation is 2. The number of halogens is 1. The van der Waals surface area contributed by atoms with Gasteiger partial charge in [0.05, 0.1) is 21.5 Å². The van der Waals surface area contributed by atoms with Gasteiger partial charge in [-0.25, -0.2) is 12.8 Å². The number of anilines is 1. The van der Waals surface area contributed by atoms with E-state index in [9.17, 15) is 12.8 Å². The number of hydrogen-bond donors (Lipinski definition) is 2. The van der Waals surface area contributed by atoms with E-state index in [2.05, 4.69) is 14.9 Å². The third kappa shape index (κ3) is 2.55. The number of aromatic nitrogens is 2. The molecule has 114 valence electrons. The highest BCUT2D eigenvalue weighted by Gasteiger charge is 2.16. The number of aromatic amines is 1. The molecule has 22 heavy (non-hydrogen) atoms. The number of nitrogens with one attached hydrogen (secondary N) is 2. The molecular formula is C15H14FN3O2S. The molecule has 0 radical (unpaired) electrons. The molecule has 0 saturated heterocycles. The Morgan fingerprint density at radius 3 is 2.50 bits per heavy atom. The maximum absolute atomic E-state index is 14.1. The molecule has 2 N–H and O–H groups in total. The predicted octanol–water partition coefficient (Wildman–Crippen LogP) is 3.12. The van der Waals surface area contributed by atoms with Crippen LogP contribution in [0.1, 0.15) is 11.3 Å². The van der Waals surface area contributed by atoms with Crippen molar-refractivity contribution in [2.24, 2.45) is 0 Å². The van der Waals surface area contributed by atoms with Gasteiger partial charge in [0.15, 0.2) is 0 Å². The number of benzene rings is 2. The highest BCUT2D eigenvalue weighted by Crippen LogP contribution is 2.25. The molecule has 0 unspecified atom stereocenters. The second-order valence-electron chi connectivity index (χ2n) is 5.12. The van der Waals surface area contributed by atoms with Crippen LogP contribution in [0.25, 0.3) is 10.9 Å². The van der Waals surface area contributed by atoms with Gasteiger partial charge in [0.1, 0.15) is 5.82 Å². The molecule has 0 fully saturated rings. The van der Waals surface area contributed by atoms with Gasteiger partial charge in [-0.3, -0.25) is 9.82 Å². The van der Waals surface area contributed by atoms with Gasteiger partial charge in [0.2, 0.25) is 0 Å². The molecule has 7 heteroatoms. The standard InChI is InChI=1S/C15H14FN3O2S/c1-9-3-5-12(6-4-9)22(20,21)19-11-7-13(16)15-10(2)17-18-14(15)8-11/h3-8,19H,1-2H3,(H,17,18). The Balaban J connectivity index is 2.00. The molecule has 1 aromatic heterocycles. The van der Waals surface area contributed by atoms with Crippen LogP contribution in [0.5, 0.6) is 0 Å². The van der Waals surface area contributed by atoms with E-state index < -0.39 is 15.8 Å². The monoisotopic (exact) mass is 319 g/mol. The molecule has 3 rings (SSSR count). The Labute approximate surface area is 127 Å².